The van der Waals surface area contributed by atoms with E-state index in [9.17, 15) is 14.9 Å². The third-order valence-electron chi connectivity index (χ3n) is 2.19. The van der Waals surface area contributed by atoms with Crippen molar-refractivity contribution in [2.24, 2.45) is 0 Å². The number of carboxylic acids is 1. The number of hydrogen-bond donors (Lipinski definition) is 1. The Labute approximate surface area is 117 Å². The largest absolute Gasteiger partial charge is 0.482 e. The SMILES string of the molecule is CC.COCCc1cc(OCC(=O)O)ccc1[N+](=O)[O-]. The minimum absolute atomic E-state index is 0.0327. The summed E-state index contributed by atoms with van der Waals surface area (Å²) < 4.78 is 9.82. The maximum atomic E-state index is 10.8. The Kier molecular flexibility index (Phi) is 8.69. The number of carboxylic acid groups (broad SMARTS) is 1. The van der Waals surface area contributed by atoms with E-state index < -0.39 is 17.5 Å². The summed E-state index contributed by atoms with van der Waals surface area (Å²) in [6, 6.07) is 4.12. The molecule has 20 heavy (non-hydrogen) atoms. The van der Waals surface area contributed by atoms with Gasteiger partial charge in [-0.3, -0.25) is 10.1 Å². The summed E-state index contributed by atoms with van der Waals surface area (Å²) in [4.78, 5) is 20.6. The molecule has 0 aliphatic rings. The summed E-state index contributed by atoms with van der Waals surface area (Å²) in [5.41, 5.74) is 0.416. The molecule has 7 heteroatoms. The minimum Gasteiger partial charge on any atom is -0.482 e. The van der Waals surface area contributed by atoms with Gasteiger partial charge in [-0.2, -0.15) is 0 Å². The molecule has 0 spiro atoms. The van der Waals surface area contributed by atoms with E-state index in [1.54, 1.807) is 0 Å². The average molecular weight is 285 g/mol. The topological polar surface area (TPSA) is 98.9 Å². The van der Waals surface area contributed by atoms with E-state index in [1.165, 1.54) is 25.3 Å². The molecule has 0 heterocycles. The number of nitro groups is 1. The van der Waals surface area contributed by atoms with Crippen molar-refractivity contribution in [3.05, 3.63) is 33.9 Å². The third kappa shape index (κ3) is 6.14. The number of rotatable bonds is 7. The maximum absolute atomic E-state index is 10.8. The zero-order valence-corrected chi connectivity index (χ0v) is 11.8. The molecule has 0 saturated carbocycles. The molecule has 0 radical (unpaired) electrons. The van der Waals surface area contributed by atoms with Crippen LogP contribution in [0.1, 0.15) is 19.4 Å². The van der Waals surface area contributed by atoms with E-state index >= 15 is 0 Å². The van der Waals surface area contributed by atoms with Crippen molar-refractivity contribution in [2.45, 2.75) is 20.3 Å². The Hall–Kier alpha value is -2.15. The van der Waals surface area contributed by atoms with E-state index in [-0.39, 0.29) is 11.4 Å². The van der Waals surface area contributed by atoms with Gasteiger partial charge in [-0.15, -0.1) is 0 Å². The molecule has 1 N–H and O–H groups in total. The fraction of sp³-hybridized carbons (Fsp3) is 0.462. The second kappa shape index (κ2) is 9.74. The van der Waals surface area contributed by atoms with Crippen molar-refractivity contribution in [1.29, 1.82) is 0 Å². The number of benzene rings is 1. The van der Waals surface area contributed by atoms with Crippen molar-refractivity contribution in [3.63, 3.8) is 0 Å². The van der Waals surface area contributed by atoms with Crippen LogP contribution in [-0.4, -0.2) is 36.3 Å². The lowest BCUT2D eigenvalue weighted by Gasteiger charge is -2.07. The van der Waals surface area contributed by atoms with Crippen molar-refractivity contribution in [3.8, 4) is 5.75 Å². The van der Waals surface area contributed by atoms with E-state index in [1.807, 2.05) is 13.8 Å². The summed E-state index contributed by atoms with van der Waals surface area (Å²) in [6.45, 7) is 3.85. The first-order valence-electron chi connectivity index (χ1n) is 6.15. The second-order valence-corrected chi connectivity index (χ2v) is 3.47. The number of hydrogen-bond acceptors (Lipinski definition) is 5. The highest BCUT2D eigenvalue weighted by Crippen LogP contribution is 2.24. The molecule has 0 atom stereocenters. The van der Waals surface area contributed by atoms with Gasteiger partial charge in [0, 0.05) is 25.2 Å². The van der Waals surface area contributed by atoms with Crippen LogP contribution in [0.5, 0.6) is 5.75 Å². The molecule has 1 rings (SSSR count). The van der Waals surface area contributed by atoms with Crippen LogP contribution in [0.3, 0.4) is 0 Å². The van der Waals surface area contributed by atoms with Crippen LogP contribution in [0.25, 0.3) is 0 Å². The highest BCUT2D eigenvalue weighted by Gasteiger charge is 2.14. The summed E-state index contributed by atoms with van der Waals surface area (Å²) in [5.74, 6) is -0.819. The Balaban J connectivity index is 0.00000172. The number of methoxy groups -OCH3 is 1. The molecule has 7 nitrogen and oxygen atoms in total. The predicted octanol–water partition coefficient (Wildman–Crippen LogP) is 2.27. The standard InChI is InChI=1S/C11H13NO6.C2H6/c1-17-5-4-8-6-9(18-7-11(13)14)2-3-10(8)12(15)16;1-2/h2-3,6H,4-5,7H2,1H3,(H,13,14);1-2H3. The summed E-state index contributed by atoms with van der Waals surface area (Å²) in [6.07, 6.45) is 0.358. The summed E-state index contributed by atoms with van der Waals surface area (Å²) in [7, 11) is 1.50. The molecular weight excluding hydrogens is 266 g/mol. The van der Waals surface area contributed by atoms with Crippen molar-refractivity contribution in [2.75, 3.05) is 20.3 Å². The van der Waals surface area contributed by atoms with Crippen molar-refractivity contribution < 1.29 is 24.3 Å². The van der Waals surface area contributed by atoms with Gasteiger partial charge in [0.2, 0.25) is 0 Å². The van der Waals surface area contributed by atoms with E-state index in [0.29, 0.717) is 18.6 Å². The van der Waals surface area contributed by atoms with Crippen molar-refractivity contribution in [1.82, 2.24) is 0 Å². The fourth-order valence-corrected chi connectivity index (χ4v) is 1.39. The predicted molar refractivity (Wildman–Crippen MR) is 73.2 cm³/mol. The molecule has 1 aromatic carbocycles. The maximum Gasteiger partial charge on any atom is 0.341 e. The molecule has 112 valence electrons. The van der Waals surface area contributed by atoms with Crippen molar-refractivity contribution >= 4 is 11.7 Å². The van der Waals surface area contributed by atoms with Gasteiger partial charge < -0.3 is 14.6 Å². The molecule has 1 aromatic rings. The second-order valence-electron chi connectivity index (χ2n) is 3.47. The molecule has 0 bridgehead atoms. The molecule has 0 unspecified atom stereocenters. The van der Waals surface area contributed by atoms with Crippen LogP contribution in [0.15, 0.2) is 18.2 Å². The van der Waals surface area contributed by atoms with Crippen LogP contribution in [0.4, 0.5) is 5.69 Å². The number of nitro benzene ring substituents is 1. The summed E-state index contributed by atoms with van der Waals surface area (Å²) >= 11 is 0. The van der Waals surface area contributed by atoms with Gasteiger partial charge in [-0.1, -0.05) is 13.8 Å². The Morgan fingerprint density at radius 1 is 1.40 bits per heavy atom. The van der Waals surface area contributed by atoms with Crippen LogP contribution >= 0.6 is 0 Å². The van der Waals surface area contributed by atoms with Gasteiger partial charge in [0.25, 0.3) is 5.69 Å². The van der Waals surface area contributed by atoms with Gasteiger partial charge in [-0.25, -0.2) is 4.79 Å². The fourth-order valence-electron chi connectivity index (χ4n) is 1.39. The Morgan fingerprint density at radius 3 is 2.55 bits per heavy atom. The lowest BCUT2D eigenvalue weighted by molar-refractivity contribution is -0.385. The Bertz CT molecular complexity index is 446. The van der Waals surface area contributed by atoms with E-state index in [4.69, 9.17) is 14.6 Å². The van der Waals surface area contributed by atoms with Gasteiger partial charge in [0.15, 0.2) is 6.61 Å². The molecule has 0 aliphatic heterocycles. The van der Waals surface area contributed by atoms with Gasteiger partial charge >= 0.3 is 5.97 Å². The Morgan fingerprint density at radius 2 is 2.05 bits per heavy atom. The monoisotopic (exact) mass is 285 g/mol. The third-order valence-corrected chi connectivity index (χ3v) is 2.19. The van der Waals surface area contributed by atoms with Gasteiger partial charge in [-0.05, 0) is 12.1 Å². The smallest absolute Gasteiger partial charge is 0.341 e. The first-order valence-corrected chi connectivity index (χ1v) is 6.15. The highest BCUT2D eigenvalue weighted by molar-refractivity contribution is 5.68. The lowest BCUT2D eigenvalue weighted by atomic mass is 10.1. The quantitative estimate of drug-likeness (QED) is 0.609. The number of carbonyl (C=O) groups is 1. The molecule has 0 fully saturated rings. The molecule has 0 amide bonds. The molecule has 0 saturated heterocycles. The molecular formula is C13H19NO6. The first kappa shape index (κ1) is 17.8. The van der Waals surface area contributed by atoms with Gasteiger partial charge in [0.1, 0.15) is 5.75 Å². The highest BCUT2D eigenvalue weighted by atomic mass is 16.6. The van der Waals surface area contributed by atoms with Crippen LogP contribution in [-0.2, 0) is 16.0 Å². The minimum atomic E-state index is -1.10. The number of nitrogens with zero attached hydrogens (tertiary/aromatic N) is 1. The summed E-state index contributed by atoms with van der Waals surface area (Å²) in [5, 5.41) is 19.3. The first-order chi connectivity index (χ1) is 9.54. The zero-order chi connectivity index (χ0) is 15.5. The molecule has 0 aromatic heterocycles. The van der Waals surface area contributed by atoms with Crippen LogP contribution in [0, 0.1) is 10.1 Å². The van der Waals surface area contributed by atoms with Crippen LogP contribution in [0.2, 0.25) is 0 Å². The van der Waals surface area contributed by atoms with Gasteiger partial charge in [0.05, 0.1) is 11.5 Å². The van der Waals surface area contributed by atoms with Crippen LogP contribution < -0.4 is 4.74 Å². The van der Waals surface area contributed by atoms with E-state index in [0.717, 1.165) is 0 Å². The normalized spacial score (nSPS) is 9.35. The lowest BCUT2D eigenvalue weighted by Crippen LogP contribution is -2.10. The number of ether oxygens (including phenoxy) is 2. The van der Waals surface area contributed by atoms with E-state index in [2.05, 4.69) is 0 Å². The average Bonchev–Trinajstić information content (AvgIpc) is 2.44. The zero-order valence-electron chi connectivity index (χ0n) is 11.8. The molecule has 0 aliphatic carbocycles. The number of aliphatic carboxylic acids is 1.